The van der Waals surface area contributed by atoms with E-state index in [1.165, 1.54) is 16.2 Å². The number of thiazole rings is 1. The van der Waals surface area contributed by atoms with Crippen LogP contribution in [0.15, 0.2) is 34.2 Å². The maximum Gasteiger partial charge on any atom is 0.414 e. The molecule has 0 aliphatic heterocycles. The Labute approximate surface area is 148 Å². The molecule has 0 aliphatic rings. The number of halogens is 1. The van der Waals surface area contributed by atoms with Crippen LogP contribution in [-0.2, 0) is 6.42 Å². The van der Waals surface area contributed by atoms with Crippen molar-refractivity contribution < 1.29 is 14.6 Å². The van der Waals surface area contributed by atoms with Crippen LogP contribution >= 0.6 is 27.3 Å². The molecule has 1 N–H and O–H groups in total. The summed E-state index contributed by atoms with van der Waals surface area (Å²) < 4.78 is 5.80. The summed E-state index contributed by atoms with van der Waals surface area (Å²) in [6, 6.07) is 7.82. The Kier molecular flexibility index (Phi) is 5.64. The highest BCUT2D eigenvalue weighted by atomic mass is 79.9. The number of carbonyl (C=O) groups is 1. The lowest BCUT2D eigenvalue weighted by atomic mass is 9.94. The summed E-state index contributed by atoms with van der Waals surface area (Å²) in [6.45, 7) is 3.83. The Hall–Kier alpha value is -1.60. The van der Waals surface area contributed by atoms with Gasteiger partial charge in [-0.3, -0.25) is 0 Å². The lowest BCUT2D eigenvalue weighted by Gasteiger charge is -2.34. The molecule has 23 heavy (non-hydrogen) atoms. The van der Waals surface area contributed by atoms with Gasteiger partial charge in [0.25, 0.3) is 0 Å². The van der Waals surface area contributed by atoms with E-state index in [9.17, 15) is 9.90 Å². The van der Waals surface area contributed by atoms with Gasteiger partial charge in [0.05, 0.1) is 7.11 Å². The normalized spacial score (nSPS) is 11.3. The Bertz CT molecular complexity index is 670. The van der Waals surface area contributed by atoms with E-state index in [0.717, 1.165) is 17.7 Å². The van der Waals surface area contributed by atoms with Crippen LogP contribution in [0.2, 0.25) is 0 Å². The SMILES string of the molecule is COc1ccc(CCC(C)(C)N(C(=O)O)c2nc(Br)cs2)cc1. The van der Waals surface area contributed by atoms with Crippen molar-refractivity contribution in [1.29, 1.82) is 0 Å². The van der Waals surface area contributed by atoms with E-state index >= 15 is 0 Å². The summed E-state index contributed by atoms with van der Waals surface area (Å²) in [6.07, 6.45) is 0.461. The number of anilines is 1. The Morgan fingerprint density at radius 3 is 2.52 bits per heavy atom. The number of aryl methyl sites for hydroxylation is 1. The largest absolute Gasteiger partial charge is 0.497 e. The number of methoxy groups -OCH3 is 1. The third-order valence-electron chi connectivity index (χ3n) is 3.64. The molecule has 0 saturated carbocycles. The van der Waals surface area contributed by atoms with Crippen molar-refractivity contribution in [2.75, 3.05) is 12.0 Å². The summed E-state index contributed by atoms with van der Waals surface area (Å²) in [5.74, 6) is 0.813. The van der Waals surface area contributed by atoms with Gasteiger partial charge in [0.1, 0.15) is 10.4 Å². The highest BCUT2D eigenvalue weighted by Gasteiger charge is 2.34. The number of hydrogen-bond acceptors (Lipinski definition) is 4. The molecule has 124 valence electrons. The number of hydrogen-bond donors (Lipinski definition) is 1. The Morgan fingerprint density at radius 1 is 1.39 bits per heavy atom. The molecule has 0 atom stereocenters. The topological polar surface area (TPSA) is 62.7 Å². The van der Waals surface area contributed by atoms with Gasteiger partial charge in [0, 0.05) is 10.9 Å². The highest BCUT2D eigenvalue weighted by molar-refractivity contribution is 9.10. The predicted octanol–water partition coefficient (Wildman–Crippen LogP) is 4.81. The number of amides is 1. The minimum atomic E-state index is -0.994. The molecular formula is C16H19BrN2O3S. The minimum Gasteiger partial charge on any atom is -0.497 e. The predicted molar refractivity (Wildman–Crippen MR) is 95.7 cm³/mol. The van der Waals surface area contributed by atoms with Gasteiger partial charge < -0.3 is 9.84 Å². The van der Waals surface area contributed by atoms with E-state index < -0.39 is 11.6 Å². The number of benzene rings is 1. The molecule has 0 spiro atoms. The van der Waals surface area contributed by atoms with Crippen LogP contribution in [0.5, 0.6) is 5.75 Å². The van der Waals surface area contributed by atoms with Crippen LogP contribution in [0.4, 0.5) is 9.93 Å². The third-order valence-corrected chi connectivity index (χ3v) is 5.17. The van der Waals surface area contributed by atoms with Gasteiger partial charge >= 0.3 is 6.09 Å². The molecule has 0 saturated heterocycles. The zero-order valence-electron chi connectivity index (χ0n) is 13.2. The van der Waals surface area contributed by atoms with Crippen molar-refractivity contribution >= 4 is 38.5 Å². The number of aromatic nitrogens is 1. The molecule has 0 radical (unpaired) electrons. The highest BCUT2D eigenvalue weighted by Crippen LogP contribution is 2.32. The molecule has 5 nitrogen and oxygen atoms in total. The lowest BCUT2D eigenvalue weighted by molar-refractivity contribution is 0.193. The van der Waals surface area contributed by atoms with Gasteiger partial charge in [-0.1, -0.05) is 12.1 Å². The number of carboxylic acid groups (broad SMARTS) is 1. The molecular weight excluding hydrogens is 380 g/mol. The van der Waals surface area contributed by atoms with Crippen molar-refractivity contribution in [2.45, 2.75) is 32.2 Å². The van der Waals surface area contributed by atoms with Gasteiger partial charge in [0.2, 0.25) is 0 Å². The average molecular weight is 399 g/mol. The number of ether oxygens (including phenoxy) is 1. The quantitative estimate of drug-likeness (QED) is 0.757. The summed E-state index contributed by atoms with van der Waals surface area (Å²) in [7, 11) is 1.63. The van der Waals surface area contributed by atoms with Gasteiger partial charge in [-0.15, -0.1) is 11.3 Å². The van der Waals surface area contributed by atoms with Crippen molar-refractivity contribution in [3.05, 3.63) is 39.8 Å². The molecule has 0 fully saturated rings. The third kappa shape index (κ3) is 4.45. The van der Waals surface area contributed by atoms with Crippen molar-refractivity contribution in [3.63, 3.8) is 0 Å². The molecule has 2 aromatic rings. The summed E-state index contributed by atoms with van der Waals surface area (Å²) in [4.78, 5) is 17.3. The Morgan fingerprint density at radius 2 is 2.04 bits per heavy atom. The van der Waals surface area contributed by atoms with E-state index in [4.69, 9.17) is 4.74 Å². The summed E-state index contributed by atoms with van der Waals surface area (Å²) in [5.41, 5.74) is 0.577. The second-order valence-electron chi connectivity index (χ2n) is 5.73. The molecule has 1 heterocycles. The molecule has 7 heteroatoms. The number of rotatable bonds is 6. The second kappa shape index (κ2) is 7.31. The van der Waals surface area contributed by atoms with E-state index in [0.29, 0.717) is 16.2 Å². The summed E-state index contributed by atoms with van der Waals surface area (Å²) >= 11 is 4.58. The van der Waals surface area contributed by atoms with Gasteiger partial charge in [-0.25, -0.2) is 14.7 Å². The van der Waals surface area contributed by atoms with Crippen LogP contribution in [0.3, 0.4) is 0 Å². The van der Waals surface area contributed by atoms with Gasteiger partial charge in [-0.2, -0.15) is 0 Å². The first-order chi connectivity index (χ1) is 10.8. The fraction of sp³-hybridized carbons (Fsp3) is 0.375. The zero-order valence-corrected chi connectivity index (χ0v) is 15.6. The minimum absolute atomic E-state index is 0.476. The van der Waals surface area contributed by atoms with E-state index in [-0.39, 0.29) is 0 Å². The van der Waals surface area contributed by atoms with Crippen LogP contribution in [0.25, 0.3) is 0 Å². The monoisotopic (exact) mass is 398 g/mol. The first-order valence-electron chi connectivity index (χ1n) is 7.10. The zero-order chi connectivity index (χ0) is 17.0. The lowest BCUT2D eigenvalue weighted by Crippen LogP contribution is -2.47. The Balaban J connectivity index is 2.12. The second-order valence-corrected chi connectivity index (χ2v) is 7.38. The van der Waals surface area contributed by atoms with E-state index in [1.807, 2.05) is 38.1 Å². The maximum absolute atomic E-state index is 11.7. The standard InChI is InChI=1S/C16H19BrN2O3S/c1-16(2,9-8-11-4-6-12(22-3)7-5-11)19(15(20)21)14-18-13(17)10-23-14/h4-7,10H,8-9H2,1-3H3,(H,20,21). The van der Waals surface area contributed by atoms with Crippen LogP contribution in [-0.4, -0.2) is 28.8 Å². The fourth-order valence-corrected chi connectivity index (χ4v) is 3.70. The van der Waals surface area contributed by atoms with Gasteiger partial charge in [0.15, 0.2) is 5.13 Å². The maximum atomic E-state index is 11.7. The number of nitrogens with zero attached hydrogens (tertiary/aromatic N) is 2. The van der Waals surface area contributed by atoms with Crippen LogP contribution < -0.4 is 9.64 Å². The molecule has 2 rings (SSSR count). The smallest absolute Gasteiger partial charge is 0.414 e. The molecule has 0 unspecified atom stereocenters. The fourth-order valence-electron chi connectivity index (χ4n) is 2.30. The molecule has 0 aliphatic carbocycles. The first-order valence-corrected chi connectivity index (χ1v) is 8.78. The molecule has 1 amide bonds. The van der Waals surface area contributed by atoms with Crippen molar-refractivity contribution in [1.82, 2.24) is 4.98 Å². The molecule has 1 aromatic heterocycles. The average Bonchev–Trinajstić information content (AvgIpc) is 2.91. The molecule has 0 bridgehead atoms. The summed E-state index contributed by atoms with van der Waals surface area (Å²) in [5, 5.41) is 11.9. The van der Waals surface area contributed by atoms with E-state index in [2.05, 4.69) is 20.9 Å². The van der Waals surface area contributed by atoms with Crippen LogP contribution in [0.1, 0.15) is 25.8 Å². The molecule has 1 aromatic carbocycles. The van der Waals surface area contributed by atoms with E-state index in [1.54, 1.807) is 12.5 Å². The van der Waals surface area contributed by atoms with Crippen molar-refractivity contribution in [3.8, 4) is 5.75 Å². The van der Waals surface area contributed by atoms with Crippen LogP contribution in [0, 0.1) is 0 Å². The van der Waals surface area contributed by atoms with Gasteiger partial charge in [-0.05, 0) is 60.3 Å². The first kappa shape index (κ1) is 17.7. The van der Waals surface area contributed by atoms with Crippen molar-refractivity contribution in [2.24, 2.45) is 0 Å².